The van der Waals surface area contributed by atoms with E-state index in [2.05, 4.69) is 5.32 Å². The summed E-state index contributed by atoms with van der Waals surface area (Å²) in [7, 11) is 0. The van der Waals surface area contributed by atoms with E-state index >= 15 is 0 Å². The summed E-state index contributed by atoms with van der Waals surface area (Å²) in [4.78, 5) is 16.4. The normalized spacial score (nSPS) is 20.3. The Morgan fingerprint density at radius 2 is 1.63 bits per heavy atom. The van der Waals surface area contributed by atoms with Crippen molar-refractivity contribution in [3.63, 3.8) is 0 Å². The molecular weight excluding hydrogens is 348 g/mol. The molecular formula is C21H23F2N3O. The van der Waals surface area contributed by atoms with E-state index in [0.29, 0.717) is 25.3 Å². The number of piperidine rings is 1. The second-order valence-electron chi connectivity index (χ2n) is 7.21. The summed E-state index contributed by atoms with van der Waals surface area (Å²) < 4.78 is 27.0. The lowest BCUT2D eigenvalue weighted by atomic mass is 9.95. The number of urea groups is 1. The molecule has 0 aliphatic carbocycles. The molecule has 1 atom stereocenters. The van der Waals surface area contributed by atoms with Gasteiger partial charge in [0, 0.05) is 25.7 Å². The van der Waals surface area contributed by atoms with Gasteiger partial charge >= 0.3 is 6.03 Å². The fourth-order valence-corrected chi connectivity index (χ4v) is 3.89. The van der Waals surface area contributed by atoms with Crippen LogP contribution in [-0.2, 0) is 0 Å². The van der Waals surface area contributed by atoms with Crippen LogP contribution in [0, 0.1) is 11.6 Å². The topological polar surface area (TPSA) is 35.6 Å². The molecule has 2 heterocycles. The lowest BCUT2D eigenvalue weighted by Crippen LogP contribution is -2.54. The number of anilines is 1. The summed E-state index contributed by atoms with van der Waals surface area (Å²) in [6, 6.07) is 13.2. The predicted molar refractivity (Wildman–Crippen MR) is 101 cm³/mol. The van der Waals surface area contributed by atoms with Crippen molar-refractivity contribution in [2.24, 2.45) is 0 Å². The Hall–Kier alpha value is -2.63. The van der Waals surface area contributed by atoms with E-state index in [9.17, 15) is 13.6 Å². The number of halogens is 2. The summed E-state index contributed by atoms with van der Waals surface area (Å²) in [6.07, 6.45) is 2.47. The third-order valence-electron chi connectivity index (χ3n) is 5.55. The first-order chi connectivity index (χ1) is 13.1. The van der Waals surface area contributed by atoms with Gasteiger partial charge in [-0.05, 0) is 49.1 Å². The van der Waals surface area contributed by atoms with Gasteiger partial charge < -0.3 is 15.1 Å². The first-order valence-electron chi connectivity index (χ1n) is 9.44. The highest BCUT2D eigenvalue weighted by molar-refractivity contribution is 5.76. The maximum absolute atomic E-state index is 13.9. The van der Waals surface area contributed by atoms with Gasteiger partial charge in [-0.25, -0.2) is 13.6 Å². The van der Waals surface area contributed by atoms with Crippen LogP contribution < -0.4 is 10.2 Å². The van der Waals surface area contributed by atoms with Gasteiger partial charge in [0.05, 0.1) is 11.7 Å². The van der Waals surface area contributed by atoms with Crippen LogP contribution in [0.2, 0.25) is 0 Å². The lowest BCUT2D eigenvalue weighted by Gasteiger charge is -2.42. The lowest BCUT2D eigenvalue weighted by molar-refractivity contribution is 0.111. The third-order valence-corrected chi connectivity index (χ3v) is 5.55. The van der Waals surface area contributed by atoms with Gasteiger partial charge in [0.25, 0.3) is 0 Å². The summed E-state index contributed by atoms with van der Waals surface area (Å²) in [5.74, 6) is -0.474. The minimum absolute atomic E-state index is 0.0177. The number of likely N-dealkylation sites (tertiary alicyclic amines) is 1. The molecule has 0 bridgehead atoms. The Labute approximate surface area is 157 Å². The van der Waals surface area contributed by atoms with Gasteiger partial charge in [0.2, 0.25) is 0 Å². The van der Waals surface area contributed by atoms with Gasteiger partial charge in [0.15, 0.2) is 0 Å². The second kappa shape index (κ2) is 7.55. The summed E-state index contributed by atoms with van der Waals surface area (Å²) in [5, 5.41) is 3.11. The van der Waals surface area contributed by atoms with E-state index in [1.54, 1.807) is 29.2 Å². The highest BCUT2D eigenvalue weighted by Crippen LogP contribution is 2.33. The maximum atomic E-state index is 13.9. The molecule has 2 aromatic rings. The first kappa shape index (κ1) is 17.8. The molecule has 2 amide bonds. The molecule has 142 valence electrons. The predicted octanol–water partition coefficient (Wildman–Crippen LogP) is 4.09. The standard InChI is InChI=1S/C21H23F2N3O/c22-16-7-5-15(6-8-16)19-11-14-26(19)21(27)24-17-9-12-25(13-10-17)20-4-2-1-3-18(20)23/h1-8,17,19H,9-14H2,(H,24,27). The molecule has 1 unspecified atom stereocenters. The van der Waals surface area contributed by atoms with Gasteiger partial charge in [-0.1, -0.05) is 24.3 Å². The van der Waals surface area contributed by atoms with E-state index in [1.807, 2.05) is 11.0 Å². The highest BCUT2D eigenvalue weighted by Gasteiger charge is 2.34. The second-order valence-corrected chi connectivity index (χ2v) is 7.21. The molecule has 2 fully saturated rings. The van der Waals surface area contributed by atoms with E-state index in [4.69, 9.17) is 0 Å². The molecule has 1 N–H and O–H groups in total. The van der Waals surface area contributed by atoms with Crippen molar-refractivity contribution >= 4 is 11.7 Å². The number of carbonyl (C=O) groups excluding carboxylic acids is 1. The zero-order valence-corrected chi connectivity index (χ0v) is 15.1. The number of carbonyl (C=O) groups is 1. The first-order valence-corrected chi connectivity index (χ1v) is 9.44. The number of hydrogen-bond donors (Lipinski definition) is 1. The van der Waals surface area contributed by atoms with Crippen molar-refractivity contribution in [1.82, 2.24) is 10.2 Å². The number of para-hydroxylation sites is 1. The SMILES string of the molecule is O=C(NC1CCN(c2ccccc2F)CC1)N1CCC1c1ccc(F)cc1. The van der Waals surface area contributed by atoms with Gasteiger partial charge in [-0.3, -0.25) is 0 Å². The van der Waals surface area contributed by atoms with Crippen molar-refractivity contribution in [1.29, 1.82) is 0 Å². The summed E-state index contributed by atoms with van der Waals surface area (Å²) >= 11 is 0. The Morgan fingerprint density at radius 3 is 2.26 bits per heavy atom. The fourth-order valence-electron chi connectivity index (χ4n) is 3.89. The highest BCUT2D eigenvalue weighted by atomic mass is 19.1. The van der Waals surface area contributed by atoms with Crippen LogP contribution in [0.1, 0.15) is 30.9 Å². The van der Waals surface area contributed by atoms with Crippen LogP contribution in [0.25, 0.3) is 0 Å². The molecule has 4 nitrogen and oxygen atoms in total. The van der Waals surface area contributed by atoms with Crippen LogP contribution in [0.3, 0.4) is 0 Å². The molecule has 2 aliphatic rings. The number of nitrogens with one attached hydrogen (secondary N) is 1. The average molecular weight is 371 g/mol. The monoisotopic (exact) mass is 371 g/mol. The van der Waals surface area contributed by atoms with Crippen LogP contribution in [0.5, 0.6) is 0 Å². The van der Waals surface area contributed by atoms with Crippen LogP contribution in [0.4, 0.5) is 19.3 Å². The quantitative estimate of drug-likeness (QED) is 0.882. The minimum Gasteiger partial charge on any atom is -0.369 e. The third kappa shape index (κ3) is 3.75. The number of rotatable bonds is 3. The Kier molecular flexibility index (Phi) is 4.97. The molecule has 0 aromatic heterocycles. The molecule has 27 heavy (non-hydrogen) atoms. The van der Waals surface area contributed by atoms with E-state index < -0.39 is 0 Å². The Bertz CT molecular complexity index is 803. The van der Waals surface area contributed by atoms with Crippen molar-refractivity contribution < 1.29 is 13.6 Å². The van der Waals surface area contributed by atoms with Crippen LogP contribution in [0.15, 0.2) is 48.5 Å². The van der Waals surface area contributed by atoms with Crippen molar-refractivity contribution in [2.75, 3.05) is 24.5 Å². The molecule has 4 rings (SSSR count). The number of nitrogens with zero attached hydrogens (tertiary/aromatic N) is 2. The van der Waals surface area contributed by atoms with Crippen LogP contribution >= 0.6 is 0 Å². The Morgan fingerprint density at radius 1 is 0.926 bits per heavy atom. The number of amides is 2. The minimum atomic E-state index is -0.268. The van der Waals surface area contributed by atoms with Crippen molar-refractivity contribution in [3.05, 3.63) is 65.7 Å². The molecule has 6 heteroatoms. The average Bonchev–Trinajstić information content (AvgIpc) is 2.64. The fraction of sp³-hybridized carbons (Fsp3) is 0.381. The maximum Gasteiger partial charge on any atom is 0.318 e. The molecule has 0 spiro atoms. The largest absolute Gasteiger partial charge is 0.369 e. The van der Waals surface area contributed by atoms with Crippen molar-refractivity contribution in [3.8, 4) is 0 Å². The zero-order valence-electron chi connectivity index (χ0n) is 15.1. The van der Waals surface area contributed by atoms with E-state index in [0.717, 1.165) is 24.8 Å². The number of hydrogen-bond acceptors (Lipinski definition) is 2. The molecule has 0 saturated carbocycles. The number of benzene rings is 2. The Balaban J connectivity index is 1.31. The molecule has 0 radical (unpaired) electrons. The van der Waals surface area contributed by atoms with E-state index in [1.165, 1.54) is 18.2 Å². The van der Waals surface area contributed by atoms with Gasteiger partial charge in [-0.15, -0.1) is 0 Å². The molecule has 2 saturated heterocycles. The van der Waals surface area contributed by atoms with Crippen molar-refractivity contribution in [2.45, 2.75) is 31.3 Å². The summed E-state index contributed by atoms with van der Waals surface area (Å²) in [5.41, 5.74) is 1.59. The smallest absolute Gasteiger partial charge is 0.318 e. The van der Waals surface area contributed by atoms with Crippen LogP contribution in [-0.4, -0.2) is 36.6 Å². The zero-order chi connectivity index (χ0) is 18.8. The molecule has 2 aromatic carbocycles. The summed E-state index contributed by atoms with van der Waals surface area (Å²) in [6.45, 7) is 2.14. The van der Waals surface area contributed by atoms with Gasteiger partial charge in [0.1, 0.15) is 11.6 Å². The molecule has 2 aliphatic heterocycles. The van der Waals surface area contributed by atoms with Gasteiger partial charge in [-0.2, -0.15) is 0 Å². The van der Waals surface area contributed by atoms with E-state index in [-0.39, 0.29) is 29.7 Å².